The van der Waals surface area contributed by atoms with Crippen molar-refractivity contribution in [1.82, 2.24) is 5.32 Å². The van der Waals surface area contributed by atoms with Crippen molar-refractivity contribution in [3.63, 3.8) is 0 Å². The summed E-state index contributed by atoms with van der Waals surface area (Å²) in [5.41, 5.74) is 1.36. The first-order chi connectivity index (χ1) is 8.42. The number of hydrogen-bond acceptors (Lipinski definition) is 4. The van der Waals surface area contributed by atoms with Gasteiger partial charge in [-0.2, -0.15) is 0 Å². The molecule has 2 heterocycles. The zero-order valence-electron chi connectivity index (χ0n) is 9.63. The van der Waals surface area contributed by atoms with Crippen LogP contribution in [-0.2, 0) is 4.74 Å². The van der Waals surface area contributed by atoms with Crippen molar-refractivity contribution in [3.8, 4) is 0 Å². The summed E-state index contributed by atoms with van der Waals surface area (Å²) in [7, 11) is 0. The Labute approximate surface area is 106 Å². The molecule has 0 radical (unpaired) electrons. The summed E-state index contributed by atoms with van der Waals surface area (Å²) in [5, 5.41) is 5.02. The molecule has 1 aromatic rings. The number of benzene rings is 1. The summed E-state index contributed by atoms with van der Waals surface area (Å²) in [6.07, 6.45) is 1.09. The average molecular weight is 248 g/mol. The van der Waals surface area contributed by atoms with E-state index in [-0.39, 0.29) is 0 Å². The van der Waals surface area contributed by atoms with Gasteiger partial charge < -0.3 is 10.1 Å². The summed E-state index contributed by atoms with van der Waals surface area (Å²) < 4.78 is 5.35. The molecule has 2 aliphatic rings. The van der Waals surface area contributed by atoms with Crippen molar-refractivity contribution in [1.29, 1.82) is 0 Å². The molecule has 0 amide bonds. The fourth-order valence-electron chi connectivity index (χ4n) is 2.12. The lowest BCUT2D eigenvalue weighted by Gasteiger charge is -2.12. The number of aliphatic imine (C=N–C) groups is 1. The van der Waals surface area contributed by atoms with Gasteiger partial charge in [0.15, 0.2) is 5.17 Å². The molecule has 0 saturated carbocycles. The Bertz CT molecular complexity index is 401. The summed E-state index contributed by atoms with van der Waals surface area (Å²) in [6.45, 7) is 2.57. The third-order valence-corrected chi connectivity index (χ3v) is 4.26. The van der Waals surface area contributed by atoms with Gasteiger partial charge in [0.05, 0.1) is 24.4 Å². The smallest absolute Gasteiger partial charge is 0.157 e. The Morgan fingerprint density at radius 2 is 2.18 bits per heavy atom. The van der Waals surface area contributed by atoms with E-state index in [0.717, 1.165) is 31.3 Å². The summed E-state index contributed by atoms with van der Waals surface area (Å²) in [6, 6.07) is 11.0. The highest BCUT2D eigenvalue weighted by Gasteiger charge is 2.24. The van der Waals surface area contributed by atoms with Crippen molar-refractivity contribution in [2.24, 2.45) is 4.99 Å². The van der Waals surface area contributed by atoms with E-state index in [1.807, 2.05) is 11.8 Å². The fourth-order valence-corrected chi connectivity index (χ4v) is 3.21. The van der Waals surface area contributed by atoms with E-state index in [1.54, 1.807) is 0 Å². The number of rotatable bonds is 2. The normalized spacial score (nSPS) is 28.1. The molecule has 3 nitrogen and oxygen atoms in total. The molecule has 3 rings (SSSR count). The lowest BCUT2D eigenvalue weighted by Crippen LogP contribution is -2.32. The van der Waals surface area contributed by atoms with Crippen LogP contribution in [0.3, 0.4) is 0 Å². The average Bonchev–Trinajstić information content (AvgIpc) is 3.02. The molecule has 2 aliphatic heterocycles. The minimum absolute atomic E-state index is 0.454. The number of thioether (sulfide) groups is 1. The number of hydrogen-bond donors (Lipinski definition) is 1. The van der Waals surface area contributed by atoms with Crippen molar-refractivity contribution in [2.45, 2.75) is 17.7 Å². The Morgan fingerprint density at radius 3 is 2.94 bits per heavy atom. The van der Waals surface area contributed by atoms with Gasteiger partial charge in [0, 0.05) is 6.61 Å². The van der Waals surface area contributed by atoms with Gasteiger partial charge in [0.25, 0.3) is 0 Å². The van der Waals surface area contributed by atoms with Crippen LogP contribution >= 0.6 is 11.8 Å². The fraction of sp³-hybridized carbons (Fsp3) is 0.462. The monoisotopic (exact) mass is 248 g/mol. The summed E-state index contributed by atoms with van der Waals surface area (Å²) in [4.78, 5) is 4.57. The molecular formula is C13H16N2OS. The maximum Gasteiger partial charge on any atom is 0.157 e. The van der Waals surface area contributed by atoms with Gasteiger partial charge in [-0.15, -0.1) is 0 Å². The van der Waals surface area contributed by atoms with Crippen molar-refractivity contribution >= 4 is 16.9 Å². The van der Waals surface area contributed by atoms with Crippen molar-refractivity contribution in [3.05, 3.63) is 35.9 Å². The molecule has 17 heavy (non-hydrogen) atoms. The first-order valence-electron chi connectivity index (χ1n) is 6.02. The molecule has 1 aromatic carbocycles. The zero-order valence-corrected chi connectivity index (χ0v) is 10.5. The van der Waals surface area contributed by atoms with Crippen LogP contribution in [0.4, 0.5) is 0 Å². The Hall–Kier alpha value is -1.00. The van der Waals surface area contributed by atoms with E-state index < -0.39 is 0 Å². The largest absolute Gasteiger partial charge is 0.379 e. The van der Waals surface area contributed by atoms with Crippen LogP contribution < -0.4 is 5.32 Å². The quantitative estimate of drug-likeness (QED) is 0.871. The maximum atomic E-state index is 5.35. The highest BCUT2D eigenvalue weighted by molar-refractivity contribution is 8.14. The molecule has 90 valence electrons. The van der Waals surface area contributed by atoms with Crippen LogP contribution in [0.1, 0.15) is 17.2 Å². The molecule has 1 N–H and O–H groups in total. The molecule has 0 spiro atoms. The van der Waals surface area contributed by atoms with Gasteiger partial charge in [-0.05, 0) is 12.0 Å². The highest BCUT2D eigenvalue weighted by atomic mass is 32.2. The predicted octanol–water partition coefficient (Wildman–Crippen LogP) is 2.21. The van der Waals surface area contributed by atoms with E-state index in [0.29, 0.717) is 11.3 Å². The van der Waals surface area contributed by atoms with Crippen LogP contribution in [0.15, 0.2) is 35.3 Å². The SMILES string of the molecule is c1ccc(C2CN=C(NC3CCOC3)S2)cc1. The third kappa shape index (κ3) is 2.64. The van der Waals surface area contributed by atoms with E-state index in [4.69, 9.17) is 4.74 Å². The summed E-state index contributed by atoms with van der Waals surface area (Å²) >= 11 is 1.83. The van der Waals surface area contributed by atoms with E-state index in [1.165, 1.54) is 5.56 Å². The molecule has 0 bridgehead atoms. The van der Waals surface area contributed by atoms with Crippen LogP contribution in [0, 0.1) is 0 Å². The van der Waals surface area contributed by atoms with Crippen LogP contribution in [0.5, 0.6) is 0 Å². The second-order valence-corrected chi connectivity index (χ2v) is 5.56. The molecule has 4 heteroatoms. The standard InChI is InChI=1S/C13H16N2OS/c1-2-4-10(5-3-1)12-8-14-13(17-12)15-11-6-7-16-9-11/h1-5,11-12H,6-9H2,(H,14,15). The first kappa shape index (κ1) is 11.1. The van der Waals surface area contributed by atoms with E-state index in [2.05, 4.69) is 40.6 Å². The van der Waals surface area contributed by atoms with Gasteiger partial charge in [-0.1, -0.05) is 42.1 Å². The number of nitrogens with one attached hydrogen (secondary N) is 1. The van der Waals surface area contributed by atoms with Crippen molar-refractivity contribution in [2.75, 3.05) is 19.8 Å². The minimum Gasteiger partial charge on any atom is -0.379 e. The number of amidine groups is 1. The van der Waals surface area contributed by atoms with Crippen LogP contribution in [0.2, 0.25) is 0 Å². The van der Waals surface area contributed by atoms with Crippen LogP contribution in [-0.4, -0.2) is 31.0 Å². The zero-order chi connectivity index (χ0) is 11.5. The van der Waals surface area contributed by atoms with Gasteiger partial charge in [0.2, 0.25) is 0 Å². The Balaban J connectivity index is 1.57. The number of ether oxygens (including phenoxy) is 1. The van der Waals surface area contributed by atoms with Gasteiger partial charge >= 0.3 is 0 Å². The summed E-state index contributed by atoms with van der Waals surface area (Å²) in [5.74, 6) is 0. The van der Waals surface area contributed by atoms with Crippen molar-refractivity contribution < 1.29 is 4.74 Å². The first-order valence-corrected chi connectivity index (χ1v) is 6.90. The molecule has 1 saturated heterocycles. The molecule has 2 atom stereocenters. The minimum atomic E-state index is 0.454. The van der Waals surface area contributed by atoms with Gasteiger partial charge in [0.1, 0.15) is 0 Å². The molecule has 0 aromatic heterocycles. The van der Waals surface area contributed by atoms with Gasteiger partial charge in [-0.3, -0.25) is 4.99 Å². The maximum absolute atomic E-state index is 5.35. The third-order valence-electron chi connectivity index (χ3n) is 3.08. The Morgan fingerprint density at radius 1 is 1.29 bits per heavy atom. The second kappa shape index (κ2) is 5.10. The second-order valence-electron chi connectivity index (χ2n) is 4.37. The Kier molecular flexibility index (Phi) is 3.34. The highest BCUT2D eigenvalue weighted by Crippen LogP contribution is 2.34. The molecule has 2 unspecified atom stereocenters. The lowest BCUT2D eigenvalue weighted by atomic mass is 10.1. The van der Waals surface area contributed by atoms with E-state index >= 15 is 0 Å². The lowest BCUT2D eigenvalue weighted by molar-refractivity contribution is 0.192. The topological polar surface area (TPSA) is 33.6 Å². The van der Waals surface area contributed by atoms with Crippen LogP contribution in [0.25, 0.3) is 0 Å². The number of nitrogens with zero attached hydrogens (tertiary/aromatic N) is 1. The van der Waals surface area contributed by atoms with E-state index in [9.17, 15) is 0 Å². The van der Waals surface area contributed by atoms with Gasteiger partial charge in [-0.25, -0.2) is 0 Å². The molecule has 0 aliphatic carbocycles. The molecular weight excluding hydrogens is 232 g/mol. The predicted molar refractivity (Wildman–Crippen MR) is 71.4 cm³/mol. The molecule has 1 fully saturated rings.